The van der Waals surface area contributed by atoms with Gasteiger partial charge in [-0.2, -0.15) is 0 Å². The number of hydrogen-bond acceptors (Lipinski definition) is 4. The van der Waals surface area contributed by atoms with E-state index in [1.54, 1.807) is 0 Å². The van der Waals surface area contributed by atoms with Crippen LogP contribution < -0.4 is 5.32 Å². The van der Waals surface area contributed by atoms with E-state index in [1.165, 1.54) is 7.11 Å². The smallest absolute Gasteiger partial charge is 0.323 e. The zero-order valence-corrected chi connectivity index (χ0v) is 15.5. The maximum Gasteiger partial charge on any atom is 0.323 e. The average molecular weight is 403 g/mol. The number of benzene rings is 2. The highest BCUT2D eigenvalue weighted by molar-refractivity contribution is 9.10. The number of para-hydroxylation sites is 1. The van der Waals surface area contributed by atoms with Crippen LogP contribution in [0.3, 0.4) is 0 Å². The van der Waals surface area contributed by atoms with E-state index < -0.39 is 6.04 Å². The summed E-state index contributed by atoms with van der Waals surface area (Å²) in [5.74, 6) is -0.483. The molecule has 0 fully saturated rings. The van der Waals surface area contributed by atoms with Crippen LogP contribution in [0.15, 0.2) is 53.0 Å². The molecule has 2 aromatic carbocycles. The van der Waals surface area contributed by atoms with Gasteiger partial charge in [-0.25, -0.2) is 0 Å². The minimum absolute atomic E-state index is 0.120. The Kier molecular flexibility index (Phi) is 5.50. The summed E-state index contributed by atoms with van der Waals surface area (Å²) in [6.45, 7) is 0.661. The normalized spacial score (nSPS) is 16.8. The van der Waals surface area contributed by atoms with Crippen molar-refractivity contribution in [1.82, 2.24) is 4.90 Å². The van der Waals surface area contributed by atoms with Gasteiger partial charge in [-0.1, -0.05) is 36.4 Å². The maximum absolute atomic E-state index is 12.5. The van der Waals surface area contributed by atoms with Gasteiger partial charge in [-0.3, -0.25) is 14.5 Å². The van der Waals surface area contributed by atoms with Crippen molar-refractivity contribution in [2.75, 3.05) is 19.0 Å². The lowest BCUT2D eigenvalue weighted by molar-refractivity contribution is -0.148. The van der Waals surface area contributed by atoms with Crippen LogP contribution in [0.5, 0.6) is 0 Å². The lowest BCUT2D eigenvalue weighted by Gasteiger charge is -2.34. The predicted molar refractivity (Wildman–Crippen MR) is 99.1 cm³/mol. The first kappa shape index (κ1) is 17.6. The van der Waals surface area contributed by atoms with Crippen LogP contribution in [-0.4, -0.2) is 36.5 Å². The third kappa shape index (κ3) is 4.08. The SMILES string of the molecule is COC(=O)[C@H]1Cc2ccccc2CN1CC(=O)Nc1ccccc1Br. The van der Waals surface area contributed by atoms with Crippen LogP contribution in [-0.2, 0) is 27.3 Å². The second-order valence-corrected chi connectivity index (χ2v) is 6.80. The standard InChI is InChI=1S/C19H19BrN2O3/c1-25-19(24)17-10-13-6-2-3-7-14(13)11-22(17)12-18(23)21-16-9-5-4-8-15(16)20/h2-9,17H,10-12H2,1H3,(H,21,23)/t17-/m1/s1. The van der Waals surface area contributed by atoms with Gasteiger partial charge < -0.3 is 10.1 Å². The number of amides is 1. The maximum atomic E-state index is 12.5. The van der Waals surface area contributed by atoms with Gasteiger partial charge in [0.25, 0.3) is 0 Å². The summed E-state index contributed by atoms with van der Waals surface area (Å²) in [6.07, 6.45) is 0.547. The predicted octanol–water partition coefficient (Wildman–Crippen LogP) is 2.99. The minimum atomic E-state index is -0.454. The number of rotatable bonds is 4. The number of fused-ring (bicyclic) bond motifs is 1. The molecule has 1 heterocycles. The minimum Gasteiger partial charge on any atom is -0.468 e. The molecule has 6 heteroatoms. The number of ether oxygens (including phenoxy) is 1. The van der Waals surface area contributed by atoms with Crippen LogP contribution in [0, 0.1) is 0 Å². The number of halogens is 1. The highest BCUT2D eigenvalue weighted by atomic mass is 79.9. The highest BCUT2D eigenvalue weighted by Gasteiger charge is 2.33. The van der Waals surface area contributed by atoms with Crippen LogP contribution >= 0.6 is 15.9 Å². The van der Waals surface area contributed by atoms with E-state index in [-0.39, 0.29) is 18.4 Å². The Hall–Kier alpha value is -2.18. The first-order valence-corrected chi connectivity index (χ1v) is 8.81. The third-order valence-corrected chi connectivity index (χ3v) is 5.01. The van der Waals surface area contributed by atoms with E-state index in [4.69, 9.17) is 4.74 Å². The molecule has 5 nitrogen and oxygen atoms in total. The molecule has 0 saturated heterocycles. The van der Waals surface area contributed by atoms with Gasteiger partial charge in [0.1, 0.15) is 6.04 Å². The number of carbonyl (C=O) groups is 2. The highest BCUT2D eigenvalue weighted by Crippen LogP contribution is 2.25. The van der Waals surface area contributed by atoms with E-state index >= 15 is 0 Å². The first-order valence-electron chi connectivity index (χ1n) is 8.01. The van der Waals surface area contributed by atoms with Crippen molar-refractivity contribution < 1.29 is 14.3 Å². The van der Waals surface area contributed by atoms with Crippen molar-refractivity contribution in [3.63, 3.8) is 0 Å². The number of esters is 1. The fourth-order valence-electron chi connectivity index (χ4n) is 3.05. The zero-order valence-electron chi connectivity index (χ0n) is 13.9. The Labute approximate surface area is 155 Å². The van der Waals surface area contributed by atoms with Gasteiger partial charge in [0.2, 0.25) is 5.91 Å². The molecule has 2 aromatic rings. The van der Waals surface area contributed by atoms with Crippen molar-refractivity contribution in [3.05, 3.63) is 64.1 Å². The molecule has 1 atom stereocenters. The Morgan fingerprint density at radius 3 is 2.56 bits per heavy atom. The largest absolute Gasteiger partial charge is 0.468 e. The molecule has 1 aliphatic heterocycles. The zero-order chi connectivity index (χ0) is 17.8. The van der Waals surface area contributed by atoms with Crippen LogP contribution in [0.25, 0.3) is 0 Å². The molecule has 0 spiro atoms. The summed E-state index contributed by atoms with van der Waals surface area (Å²) in [4.78, 5) is 26.5. The van der Waals surface area contributed by atoms with Crippen LogP contribution in [0.1, 0.15) is 11.1 Å². The molecule has 1 N–H and O–H groups in total. The van der Waals surface area contributed by atoms with E-state index in [2.05, 4.69) is 21.2 Å². The number of nitrogens with zero attached hydrogens (tertiary/aromatic N) is 1. The molecule has 130 valence electrons. The van der Waals surface area contributed by atoms with Crippen molar-refractivity contribution in [2.45, 2.75) is 19.0 Å². The van der Waals surface area contributed by atoms with E-state index in [0.717, 1.165) is 15.6 Å². The van der Waals surface area contributed by atoms with Gasteiger partial charge in [0.05, 0.1) is 19.3 Å². The summed E-state index contributed by atoms with van der Waals surface area (Å²) >= 11 is 3.42. The molecule has 3 rings (SSSR count). The summed E-state index contributed by atoms with van der Waals surface area (Å²) < 4.78 is 5.75. The van der Waals surface area contributed by atoms with E-state index in [9.17, 15) is 9.59 Å². The fourth-order valence-corrected chi connectivity index (χ4v) is 3.43. The second kappa shape index (κ2) is 7.80. The Morgan fingerprint density at radius 2 is 1.84 bits per heavy atom. The molecular weight excluding hydrogens is 384 g/mol. The number of anilines is 1. The summed E-state index contributed by atoms with van der Waals surface area (Å²) in [6, 6.07) is 15.0. The van der Waals surface area contributed by atoms with Crippen molar-refractivity contribution >= 4 is 33.5 Å². The van der Waals surface area contributed by atoms with Gasteiger partial charge in [-0.05, 0) is 45.6 Å². The topological polar surface area (TPSA) is 58.6 Å². The quantitative estimate of drug-likeness (QED) is 0.798. The number of methoxy groups -OCH3 is 1. The van der Waals surface area contributed by atoms with E-state index in [0.29, 0.717) is 18.7 Å². The molecule has 0 aliphatic carbocycles. The molecular formula is C19H19BrN2O3. The molecule has 0 unspecified atom stereocenters. The first-order chi connectivity index (χ1) is 12.1. The Bertz CT molecular complexity index is 794. The lowest BCUT2D eigenvalue weighted by Crippen LogP contribution is -2.49. The molecule has 0 bridgehead atoms. The molecule has 0 radical (unpaired) electrons. The lowest BCUT2D eigenvalue weighted by atomic mass is 9.94. The van der Waals surface area contributed by atoms with Gasteiger partial charge in [0.15, 0.2) is 0 Å². The van der Waals surface area contributed by atoms with Gasteiger partial charge in [0, 0.05) is 11.0 Å². The number of carbonyl (C=O) groups excluding carboxylic acids is 2. The fraction of sp³-hybridized carbons (Fsp3) is 0.263. The van der Waals surface area contributed by atoms with E-state index in [1.807, 2.05) is 53.4 Å². The number of hydrogen-bond donors (Lipinski definition) is 1. The second-order valence-electron chi connectivity index (χ2n) is 5.94. The summed E-state index contributed by atoms with van der Waals surface area (Å²) in [7, 11) is 1.38. The number of nitrogens with one attached hydrogen (secondary N) is 1. The summed E-state index contributed by atoms with van der Waals surface area (Å²) in [5.41, 5.74) is 2.97. The summed E-state index contributed by atoms with van der Waals surface area (Å²) in [5, 5.41) is 2.88. The van der Waals surface area contributed by atoms with Crippen LogP contribution in [0.2, 0.25) is 0 Å². The monoisotopic (exact) mass is 402 g/mol. The third-order valence-electron chi connectivity index (χ3n) is 4.31. The van der Waals surface area contributed by atoms with Crippen molar-refractivity contribution in [2.24, 2.45) is 0 Å². The molecule has 25 heavy (non-hydrogen) atoms. The van der Waals surface area contributed by atoms with Gasteiger partial charge in [-0.15, -0.1) is 0 Å². The van der Waals surface area contributed by atoms with Crippen molar-refractivity contribution in [1.29, 1.82) is 0 Å². The molecule has 1 amide bonds. The Balaban J connectivity index is 1.75. The van der Waals surface area contributed by atoms with Crippen LogP contribution in [0.4, 0.5) is 5.69 Å². The van der Waals surface area contributed by atoms with Gasteiger partial charge >= 0.3 is 5.97 Å². The van der Waals surface area contributed by atoms with Crippen molar-refractivity contribution in [3.8, 4) is 0 Å². The molecule has 0 saturated carbocycles. The Morgan fingerprint density at radius 1 is 1.16 bits per heavy atom. The molecule has 1 aliphatic rings. The molecule has 0 aromatic heterocycles. The average Bonchev–Trinajstić information content (AvgIpc) is 2.62.